The van der Waals surface area contributed by atoms with Gasteiger partial charge >= 0.3 is 12.1 Å². The maximum absolute atomic E-state index is 17.7. The number of benzene rings is 2. The molecule has 6 rings (SSSR count). The number of aliphatic carboxylic acids is 1. The van der Waals surface area contributed by atoms with E-state index in [0.29, 0.717) is 42.0 Å². The molecule has 16 heteroatoms. The van der Waals surface area contributed by atoms with Crippen molar-refractivity contribution in [3.63, 3.8) is 0 Å². The van der Waals surface area contributed by atoms with E-state index in [1.807, 2.05) is 17.0 Å². The van der Waals surface area contributed by atoms with Gasteiger partial charge in [-0.25, -0.2) is 4.39 Å². The highest BCUT2D eigenvalue weighted by Gasteiger charge is 2.57. The van der Waals surface area contributed by atoms with Gasteiger partial charge in [0.25, 0.3) is 5.91 Å². The molecule has 3 aliphatic heterocycles. The number of carbonyl (C=O) groups excluding carboxylic acids is 2. The molecule has 0 radical (unpaired) electrons. The number of halogens is 6. The molecule has 2 N–H and O–H groups in total. The van der Waals surface area contributed by atoms with Crippen molar-refractivity contribution in [2.75, 3.05) is 71.5 Å². The molecule has 0 spiro atoms. The summed E-state index contributed by atoms with van der Waals surface area (Å²) in [5.41, 5.74) is -1.34. The monoisotopic (exact) mass is 804 g/mol. The highest BCUT2D eigenvalue weighted by atomic mass is 35.5. The number of ether oxygens (including phenoxy) is 2. The van der Waals surface area contributed by atoms with Crippen LogP contribution in [0.15, 0.2) is 42.5 Å². The van der Waals surface area contributed by atoms with E-state index in [1.54, 1.807) is 24.1 Å². The summed E-state index contributed by atoms with van der Waals surface area (Å²) >= 11 is 0. The number of rotatable bonds is 11. The second-order valence-corrected chi connectivity index (χ2v) is 14.7. The highest BCUT2D eigenvalue weighted by molar-refractivity contribution is 5.88. The van der Waals surface area contributed by atoms with Gasteiger partial charge < -0.3 is 29.7 Å². The van der Waals surface area contributed by atoms with E-state index >= 15 is 4.39 Å². The van der Waals surface area contributed by atoms with Crippen LogP contribution in [-0.4, -0.2) is 111 Å². The predicted molar refractivity (Wildman–Crippen MR) is 200 cm³/mol. The van der Waals surface area contributed by atoms with Gasteiger partial charge in [-0.1, -0.05) is 31.0 Å². The summed E-state index contributed by atoms with van der Waals surface area (Å²) in [7, 11) is 3.09. The minimum Gasteiger partial charge on any atom is -0.497 e. The lowest BCUT2D eigenvalue weighted by Crippen LogP contribution is -2.50. The lowest BCUT2D eigenvalue weighted by molar-refractivity contribution is -0.143. The Bertz CT molecular complexity index is 1610. The number of carboxylic acid groups (broad SMARTS) is 1. The summed E-state index contributed by atoms with van der Waals surface area (Å²) in [5.74, 6) is -3.47. The van der Waals surface area contributed by atoms with Crippen LogP contribution in [0.3, 0.4) is 0 Å². The zero-order valence-corrected chi connectivity index (χ0v) is 32.1. The molecule has 4 fully saturated rings. The van der Waals surface area contributed by atoms with Crippen LogP contribution < -0.4 is 15.0 Å². The maximum atomic E-state index is 17.7. The quantitative estimate of drug-likeness (QED) is 0.270. The molecule has 3 heterocycles. The smallest absolute Gasteiger partial charge is 0.416 e. The number of amides is 2. The minimum atomic E-state index is -4.60. The lowest BCUT2D eigenvalue weighted by Gasteiger charge is -2.36. The van der Waals surface area contributed by atoms with Gasteiger partial charge in [-0.15, -0.1) is 24.8 Å². The molecule has 54 heavy (non-hydrogen) atoms. The van der Waals surface area contributed by atoms with Gasteiger partial charge in [0, 0.05) is 81.8 Å². The Hall–Kier alpha value is -3.33. The van der Waals surface area contributed by atoms with E-state index in [-0.39, 0.29) is 76.1 Å². The Kier molecular flexibility index (Phi) is 14.5. The van der Waals surface area contributed by atoms with Crippen LogP contribution in [0.4, 0.5) is 23.2 Å². The van der Waals surface area contributed by atoms with Crippen LogP contribution in [0, 0.1) is 11.8 Å². The van der Waals surface area contributed by atoms with Crippen LogP contribution in [-0.2, 0) is 25.3 Å². The second kappa shape index (κ2) is 18.1. The van der Waals surface area contributed by atoms with Crippen molar-refractivity contribution < 1.29 is 46.5 Å². The van der Waals surface area contributed by atoms with E-state index in [2.05, 4.69) is 10.2 Å². The molecule has 2 aromatic carbocycles. The van der Waals surface area contributed by atoms with Gasteiger partial charge in [0.1, 0.15) is 12.3 Å². The fraction of sp³-hybridized carbons (Fsp3) is 0.605. The van der Waals surface area contributed by atoms with Crippen LogP contribution in [0.1, 0.15) is 67.1 Å². The van der Waals surface area contributed by atoms with E-state index in [4.69, 9.17) is 14.6 Å². The third kappa shape index (κ3) is 9.20. The van der Waals surface area contributed by atoms with E-state index < -0.39 is 59.5 Å². The first kappa shape index (κ1) is 43.4. The van der Waals surface area contributed by atoms with Crippen molar-refractivity contribution in [3.8, 4) is 5.75 Å². The summed E-state index contributed by atoms with van der Waals surface area (Å²) < 4.78 is 70.8. The number of carboxylic acids is 1. The highest BCUT2D eigenvalue weighted by Crippen LogP contribution is 2.47. The van der Waals surface area contributed by atoms with E-state index in [9.17, 15) is 27.6 Å². The lowest BCUT2D eigenvalue weighted by atomic mass is 9.85. The molecule has 3 saturated heterocycles. The van der Waals surface area contributed by atoms with Crippen LogP contribution in [0.5, 0.6) is 5.75 Å². The van der Waals surface area contributed by atoms with Crippen molar-refractivity contribution >= 4 is 48.3 Å². The summed E-state index contributed by atoms with van der Waals surface area (Å²) in [6.07, 6.45) is 0.110. The molecule has 4 atom stereocenters. The minimum absolute atomic E-state index is 0. The van der Waals surface area contributed by atoms with Crippen molar-refractivity contribution in [2.45, 2.75) is 68.2 Å². The Morgan fingerprint density at radius 1 is 0.944 bits per heavy atom. The number of alkyl halides is 4. The molecule has 0 bridgehead atoms. The van der Waals surface area contributed by atoms with Gasteiger partial charge in [-0.05, 0) is 61.1 Å². The number of nitrogens with one attached hydrogen (secondary N) is 1. The van der Waals surface area contributed by atoms with Crippen LogP contribution in [0.25, 0.3) is 0 Å². The molecular weight excluding hydrogens is 755 g/mol. The van der Waals surface area contributed by atoms with Crippen LogP contribution >= 0.6 is 24.8 Å². The van der Waals surface area contributed by atoms with Gasteiger partial charge in [-0.2, -0.15) is 13.2 Å². The maximum Gasteiger partial charge on any atom is 0.416 e. The van der Waals surface area contributed by atoms with Crippen molar-refractivity contribution in [3.05, 3.63) is 59.2 Å². The van der Waals surface area contributed by atoms with Crippen molar-refractivity contribution in [1.82, 2.24) is 15.1 Å². The van der Waals surface area contributed by atoms with Crippen molar-refractivity contribution in [1.29, 1.82) is 0 Å². The average molecular weight is 806 g/mol. The van der Waals surface area contributed by atoms with E-state index in [1.165, 1.54) is 13.2 Å². The number of nitrogens with zero attached hydrogens (tertiary/aromatic N) is 3. The van der Waals surface area contributed by atoms with Gasteiger partial charge in [0.05, 0.1) is 19.3 Å². The predicted octanol–water partition coefficient (Wildman–Crippen LogP) is 5.91. The third-order valence-electron chi connectivity index (χ3n) is 11.6. The van der Waals surface area contributed by atoms with E-state index in [0.717, 1.165) is 37.8 Å². The Labute approximate surface area is 325 Å². The second-order valence-electron chi connectivity index (χ2n) is 14.7. The SMILES string of the molecule is COC[C@H]1CN(C(=O)[C@]2(F)CN(C3CCCC3)C[C@H]2c2ccc(OC)cc2)C[C@@H]1c1ccc(C(F)(F)F)cc1N1CCC(C(=O)NCC(=O)O)CC1.Cl.Cl. The molecule has 300 valence electrons. The molecule has 1 aliphatic carbocycles. The molecule has 4 aliphatic rings. The average Bonchev–Trinajstić information content (AvgIpc) is 3.90. The zero-order chi connectivity index (χ0) is 37.2. The first-order valence-electron chi connectivity index (χ1n) is 18.1. The molecule has 0 aromatic heterocycles. The molecular formula is C38H50Cl2F4N4O6. The Morgan fingerprint density at radius 2 is 1.61 bits per heavy atom. The topological polar surface area (TPSA) is 112 Å². The fourth-order valence-electron chi connectivity index (χ4n) is 8.85. The first-order valence-corrected chi connectivity index (χ1v) is 18.1. The molecule has 2 aromatic rings. The third-order valence-corrected chi connectivity index (χ3v) is 11.6. The Balaban J connectivity index is 0.00000325. The number of methoxy groups -OCH3 is 2. The molecule has 10 nitrogen and oxygen atoms in total. The zero-order valence-electron chi connectivity index (χ0n) is 30.5. The molecule has 2 amide bonds. The number of hydrogen-bond acceptors (Lipinski definition) is 7. The number of likely N-dealkylation sites (tertiary alicyclic amines) is 2. The standard InChI is InChI=1S/C38H48F4N4O6.2ClH/c1-51-22-26-19-45(36(50)37(39)23-46(28-5-3-4-6-28)21-32(37)24-7-10-29(52-2)11-8-24)20-31(26)30-12-9-27(38(40,41)42)17-33(30)44-15-13-25(14-16-44)35(49)43-18-34(47)48;;/h7-12,17,25-26,28,31-32H,3-6,13-16,18-23H2,1-2H3,(H,43,49)(H,47,48);2*1H/t26-,31+,32+,37+;;/m1../s1. The summed E-state index contributed by atoms with van der Waals surface area (Å²) in [5, 5.41) is 11.3. The number of anilines is 1. The summed E-state index contributed by atoms with van der Waals surface area (Å²) in [6.45, 7) is 0.952. The molecule has 0 unspecified atom stereocenters. The summed E-state index contributed by atoms with van der Waals surface area (Å²) in [6, 6.07) is 11.0. The van der Waals surface area contributed by atoms with Gasteiger partial charge in [0.2, 0.25) is 11.6 Å². The normalized spacial score (nSPS) is 25.3. The van der Waals surface area contributed by atoms with Gasteiger partial charge in [-0.3, -0.25) is 19.3 Å². The number of hydrogen-bond donors (Lipinski definition) is 2. The Morgan fingerprint density at radius 3 is 2.20 bits per heavy atom. The summed E-state index contributed by atoms with van der Waals surface area (Å²) in [4.78, 5) is 43.5. The first-order chi connectivity index (χ1) is 24.8. The number of carbonyl (C=O) groups is 3. The largest absolute Gasteiger partial charge is 0.497 e. The van der Waals surface area contributed by atoms with Gasteiger partial charge in [0.15, 0.2) is 0 Å². The van der Waals surface area contributed by atoms with Crippen molar-refractivity contribution in [2.24, 2.45) is 11.8 Å². The number of piperidine rings is 1. The fourth-order valence-corrected chi connectivity index (χ4v) is 8.85. The van der Waals surface area contributed by atoms with Crippen LogP contribution in [0.2, 0.25) is 0 Å². The molecule has 1 saturated carbocycles.